The third-order valence-corrected chi connectivity index (χ3v) is 5.80. The minimum Gasteiger partial charge on any atom is -0.494 e. The molecule has 184 valence electrons. The number of nitrogens with zero attached hydrogens (tertiary/aromatic N) is 2. The first-order chi connectivity index (χ1) is 18.1. The largest absolute Gasteiger partial charge is 0.494 e. The summed E-state index contributed by atoms with van der Waals surface area (Å²) in [5.74, 6) is 2.67. The van der Waals surface area contributed by atoms with Crippen LogP contribution in [0.1, 0.15) is 12.5 Å². The zero-order valence-electron chi connectivity index (χ0n) is 20.6. The van der Waals surface area contributed by atoms with Gasteiger partial charge in [0.25, 0.3) is 0 Å². The Hall–Kier alpha value is -4.49. The van der Waals surface area contributed by atoms with Crippen LogP contribution in [0.15, 0.2) is 97.1 Å². The van der Waals surface area contributed by atoms with Gasteiger partial charge in [-0.1, -0.05) is 24.3 Å². The highest BCUT2D eigenvalue weighted by atomic mass is 32.1. The molecule has 1 heterocycles. The van der Waals surface area contributed by atoms with E-state index in [4.69, 9.17) is 31.7 Å². The number of para-hydroxylation sites is 1. The van der Waals surface area contributed by atoms with Crippen molar-refractivity contribution in [1.82, 2.24) is 9.97 Å². The molecule has 0 aliphatic rings. The topological polar surface area (TPSA) is 68.3 Å². The highest BCUT2D eigenvalue weighted by molar-refractivity contribution is 7.80. The molecule has 4 aromatic carbocycles. The van der Waals surface area contributed by atoms with E-state index >= 15 is 0 Å². The van der Waals surface area contributed by atoms with Crippen molar-refractivity contribution < 1.29 is 9.47 Å². The van der Waals surface area contributed by atoms with Gasteiger partial charge in [0.2, 0.25) is 5.88 Å². The van der Waals surface area contributed by atoms with Gasteiger partial charge < -0.3 is 20.1 Å². The molecule has 0 saturated heterocycles. The van der Waals surface area contributed by atoms with Crippen molar-refractivity contribution in [3.63, 3.8) is 0 Å². The fourth-order valence-corrected chi connectivity index (χ4v) is 4.08. The number of anilines is 2. The lowest BCUT2D eigenvalue weighted by Crippen LogP contribution is -2.18. The van der Waals surface area contributed by atoms with Crippen LogP contribution in [0.2, 0.25) is 0 Å². The molecule has 37 heavy (non-hydrogen) atoms. The molecule has 0 unspecified atom stereocenters. The van der Waals surface area contributed by atoms with Crippen molar-refractivity contribution in [2.24, 2.45) is 0 Å². The van der Waals surface area contributed by atoms with E-state index in [1.807, 2.05) is 111 Å². The molecule has 0 radical (unpaired) electrons. The van der Waals surface area contributed by atoms with Crippen LogP contribution in [-0.2, 0) is 0 Å². The average molecular weight is 507 g/mol. The number of aromatic nitrogens is 2. The standard InChI is InChI=1S/C30H26N4O2S/c1-3-35-24-17-15-23(16-18-24)32-30(37)31-22-13-11-21(12-14-22)28-33-27-10-5-4-9-26(27)29(34-28)36-25-8-6-7-20(2)19-25/h4-19H,3H2,1-2H3,(H2,31,32,37). The minimum absolute atomic E-state index is 0.493. The van der Waals surface area contributed by atoms with Gasteiger partial charge in [-0.05, 0) is 104 Å². The predicted octanol–water partition coefficient (Wildman–Crippen LogP) is 7.61. The second kappa shape index (κ2) is 11.1. The highest BCUT2D eigenvalue weighted by Crippen LogP contribution is 2.30. The lowest BCUT2D eigenvalue weighted by molar-refractivity contribution is 0.340. The van der Waals surface area contributed by atoms with Crippen LogP contribution in [0, 0.1) is 6.92 Å². The van der Waals surface area contributed by atoms with Gasteiger partial charge in [-0.3, -0.25) is 0 Å². The fourth-order valence-electron chi connectivity index (χ4n) is 3.84. The number of hydrogen-bond donors (Lipinski definition) is 2. The Bertz CT molecular complexity index is 1540. The molecule has 0 fully saturated rings. The second-order valence-electron chi connectivity index (χ2n) is 8.40. The molecule has 0 amide bonds. The monoisotopic (exact) mass is 506 g/mol. The van der Waals surface area contributed by atoms with Crippen LogP contribution in [0.4, 0.5) is 11.4 Å². The first-order valence-corrected chi connectivity index (χ1v) is 12.4. The first kappa shape index (κ1) is 24.2. The maximum atomic E-state index is 6.19. The molecule has 0 bridgehead atoms. The second-order valence-corrected chi connectivity index (χ2v) is 8.81. The molecule has 0 aliphatic carbocycles. The van der Waals surface area contributed by atoms with E-state index in [2.05, 4.69) is 10.6 Å². The van der Waals surface area contributed by atoms with Gasteiger partial charge in [-0.15, -0.1) is 0 Å². The van der Waals surface area contributed by atoms with E-state index in [0.717, 1.165) is 44.9 Å². The van der Waals surface area contributed by atoms with Gasteiger partial charge in [0.15, 0.2) is 10.9 Å². The zero-order valence-corrected chi connectivity index (χ0v) is 21.4. The van der Waals surface area contributed by atoms with Gasteiger partial charge in [-0.2, -0.15) is 4.98 Å². The molecule has 0 saturated carbocycles. The van der Waals surface area contributed by atoms with Crippen molar-refractivity contribution >= 4 is 39.6 Å². The normalized spacial score (nSPS) is 10.6. The molecule has 5 aromatic rings. The molecule has 5 rings (SSSR count). The SMILES string of the molecule is CCOc1ccc(NC(=S)Nc2ccc(-c3nc(Oc4cccc(C)c4)c4ccccc4n3)cc2)cc1. The van der Waals surface area contributed by atoms with Gasteiger partial charge in [0.05, 0.1) is 17.5 Å². The third kappa shape index (κ3) is 6.02. The Morgan fingerprint density at radius 1 is 0.784 bits per heavy atom. The summed E-state index contributed by atoms with van der Waals surface area (Å²) in [6.07, 6.45) is 0. The summed E-state index contributed by atoms with van der Waals surface area (Å²) in [5, 5.41) is 7.75. The Morgan fingerprint density at radius 2 is 1.49 bits per heavy atom. The summed E-state index contributed by atoms with van der Waals surface area (Å²) in [6, 6.07) is 31.2. The van der Waals surface area contributed by atoms with Crippen molar-refractivity contribution in [3.8, 4) is 28.8 Å². The minimum atomic E-state index is 0.493. The lowest BCUT2D eigenvalue weighted by Gasteiger charge is -2.12. The molecule has 0 spiro atoms. The van der Waals surface area contributed by atoms with E-state index in [1.165, 1.54) is 0 Å². The third-order valence-electron chi connectivity index (χ3n) is 5.60. The maximum absolute atomic E-state index is 6.19. The molecular weight excluding hydrogens is 480 g/mol. The summed E-state index contributed by atoms with van der Waals surface area (Å²) in [4.78, 5) is 9.53. The van der Waals surface area contributed by atoms with Crippen LogP contribution in [-0.4, -0.2) is 21.7 Å². The number of thiocarbonyl (C=S) groups is 1. The molecule has 0 aliphatic heterocycles. The average Bonchev–Trinajstić information content (AvgIpc) is 2.90. The molecule has 7 heteroatoms. The Kier molecular flexibility index (Phi) is 7.23. The molecule has 1 aromatic heterocycles. The van der Waals surface area contributed by atoms with E-state index in [-0.39, 0.29) is 0 Å². The Labute approximate surface area is 221 Å². The first-order valence-electron chi connectivity index (χ1n) is 12.0. The number of aryl methyl sites for hydroxylation is 1. The Balaban J connectivity index is 1.33. The van der Waals surface area contributed by atoms with Crippen LogP contribution in [0.3, 0.4) is 0 Å². The quantitative estimate of drug-likeness (QED) is 0.220. The van der Waals surface area contributed by atoms with Gasteiger partial charge in [0, 0.05) is 16.9 Å². The highest BCUT2D eigenvalue weighted by Gasteiger charge is 2.12. The van der Waals surface area contributed by atoms with Crippen LogP contribution in [0.5, 0.6) is 17.4 Å². The fraction of sp³-hybridized carbons (Fsp3) is 0.100. The van der Waals surface area contributed by atoms with Crippen molar-refractivity contribution in [2.75, 3.05) is 17.2 Å². The Morgan fingerprint density at radius 3 is 2.19 bits per heavy atom. The summed E-state index contributed by atoms with van der Waals surface area (Å²) in [5.41, 5.74) is 4.54. The molecule has 0 atom stereocenters. The number of ether oxygens (including phenoxy) is 2. The van der Waals surface area contributed by atoms with E-state index in [0.29, 0.717) is 23.4 Å². The van der Waals surface area contributed by atoms with E-state index in [1.54, 1.807) is 0 Å². The number of hydrogen-bond acceptors (Lipinski definition) is 5. The molecule has 2 N–H and O–H groups in total. The van der Waals surface area contributed by atoms with Crippen molar-refractivity contribution in [2.45, 2.75) is 13.8 Å². The van der Waals surface area contributed by atoms with Crippen LogP contribution in [0.25, 0.3) is 22.3 Å². The molecular formula is C30H26N4O2S. The molecule has 6 nitrogen and oxygen atoms in total. The van der Waals surface area contributed by atoms with Crippen molar-refractivity contribution in [1.29, 1.82) is 0 Å². The smallest absolute Gasteiger partial charge is 0.230 e. The van der Waals surface area contributed by atoms with Gasteiger partial charge in [-0.25, -0.2) is 4.98 Å². The van der Waals surface area contributed by atoms with E-state index < -0.39 is 0 Å². The predicted molar refractivity (Wildman–Crippen MR) is 154 cm³/mol. The lowest BCUT2D eigenvalue weighted by atomic mass is 10.1. The van der Waals surface area contributed by atoms with Crippen LogP contribution >= 0.6 is 12.2 Å². The number of benzene rings is 4. The summed E-state index contributed by atoms with van der Waals surface area (Å²) in [6.45, 7) is 4.63. The number of rotatable bonds is 7. The van der Waals surface area contributed by atoms with Gasteiger partial charge >= 0.3 is 0 Å². The summed E-state index contributed by atoms with van der Waals surface area (Å²) >= 11 is 5.47. The summed E-state index contributed by atoms with van der Waals surface area (Å²) in [7, 11) is 0. The zero-order chi connectivity index (χ0) is 25.6. The summed E-state index contributed by atoms with van der Waals surface area (Å²) < 4.78 is 11.7. The van der Waals surface area contributed by atoms with Crippen LogP contribution < -0.4 is 20.1 Å². The number of nitrogens with one attached hydrogen (secondary N) is 2. The maximum Gasteiger partial charge on any atom is 0.230 e. The van der Waals surface area contributed by atoms with Crippen molar-refractivity contribution in [3.05, 3.63) is 103 Å². The number of fused-ring (bicyclic) bond motifs is 1. The van der Waals surface area contributed by atoms with E-state index in [9.17, 15) is 0 Å². The van der Waals surface area contributed by atoms with Gasteiger partial charge in [0.1, 0.15) is 11.5 Å².